The van der Waals surface area contributed by atoms with Crippen LogP contribution in [-0.2, 0) is 0 Å². The van der Waals surface area contributed by atoms with Crippen LogP contribution in [0.15, 0.2) is 24.3 Å². The zero-order valence-electron chi connectivity index (χ0n) is 15.1. The molecule has 1 fully saturated rings. The molecule has 0 bridgehead atoms. The van der Waals surface area contributed by atoms with Crippen LogP contribution in [0.2, 0.25) is 0 Å². The standard InChI is InChI=1S/C10H22N2.C6H10.C2H6/c1-4-7-12-8-5-6-10(12)9-11(2)3;1-4-6(3)5-2;1-2/h10H,4-9H2,1-3H3;4-5H,1H2,2-3H3;1-2H3/b;6-5-;. The largest absolute Gasteiger partial charge is 0.308 e. The first-order valence-corrected chi connectivity index (χ1v) is 8.19. The Bertz CT molecular complexity index is 244. The van der Waals surface area contributed by atoms with Gasteiger partial charge in [0, 0.05) is 12.6 Å². The monoisotopic (exact) mass is 282 g/mol. The summed E-state index contributed by atoms with van der Waals surface area (Å²) in [7, 11) is 4.34. The highest BCUT2D eigenvalue weighted by Crippen LogP contribution is 2.17. The third-order valence-electron chi connectivity index (χ3n) is 3.36. The molecule has 0 aromatic rings. The zero-order valence-corrected chi connectivity index (χ0v) is 15.1. The first kappa shape index (κ1) is 21.7. The van der Waals surface area contributed by atoms with Gasteiger partial charge in [-0.05, 0) is 60.3 Å². The summed E-state index contributed by atoms with van der Waals surface area (Å²) in [6.45, 7) is 17.7. The number of likely N-dealkylation sites (tertiary alicyclic amines) is 1. The van der Waals surface area contributed by atoms with E-state index in [0.717, 1.165) is 6.04 Å². The van der Waals surface area contributed by atoms with Crippen LogP contribution in [0.5, 0.6) is 0 Å². The lowest BCUT2D eigenvalue weighted by Gasteiger charge is -2.26. The molecule has 0 saturated carbocycles. The number of hydrogen-bond donors (Lipinski definition) is 0. The van der Waals surface area contributed by atoms with Gasteiger partial charge in [-0.25, -0.2) is 0 Å². The van der Waals surface area contributed by atoms with Crippen LogP contribution in [0.3, 0.4) is 0 Å². The van der Waals surface area contributed by atoms with Crippen molar-refractivity contribution in [2.75, 3.05) is 33.7 Å². The van der Waals surface area contributed by atoms with Gasteiger partial charge >= 0.3 is 0 Å². The second-order valence-electron chi connectivity index (χ2n) is 5.33. The van der Waals surface area contributed by atoms with Crippen LogP contribution >= 0.6 is 0 Å². The fourth-order valence-electron chi connectivity index (χ4n) is 2.22. The summed E-state index contributed by atoms with van der Waals surface area (Å²) in [5.74, 6) is 0. The van der Waals surface area contributed by atoms with E-state index in [1.807, 2.05) is 39.8 Å². The highest BCUT2D eigenvalue weighted by Gasteiger charge is 2.23. The molecular weight excluding hydrogens is 244 g/mol. The van der Waals surface area contributed by atoms with Gasteiger partial charge in [0.1, 0.15) is 0 Å². The SMILES string of the molecule is C=C/C(C)=C\C.CC.CCCN1CCCC1CN(C)C. The molecule has 1 heterocycles. The lowest BCUT2D eigenvalue weighted by molar-refractivity contribution is 0.208. The first-order valence-electron chi connectivity index (χ1n) is 8.19. The van der Waals surface area contributed by atoms with Crippen LogP contribution in [0.4, 0.5) is 0 Å². The molecule has 1 unspecified atom stereocenters. The molecule has 2 nitrogen and oxygen atoms in total. The third-order valence-corrected chi connectivity index (χ3v) is 3.36. The first-order chi connectivity index (χ1) is 9.54. The Balaban J connectivity index is 0. The van der Waals surface area contributed by atoms with Crippen molar-refractivity contribution in [3.63, 3.8) is 0 Å². The predicted octanol–water partition coefficient (Wildman–Crippen LogP) is 4.59. The topological polar surface area (TPSA) is 6.48 Å². The van der Waals surface area contributed by atoms with Gasteiger partial charge in [-0.1, -0.05) is 45.1 Å². The molecule has 0 aliphatic carbocycles. The van der Waals surface area contributed by atoms with Crippen molar-refractivity contribution < 1.29 is 0 Å². The van der Waals surface area contributed by atoms with E-state index in [2.05, 4.69) is 37.4 Å². The summed E-state index contributed by atoms with van der Waals surface area (Å²) in [6.07, 6.45) is 7.95. The van der Waals surface area contributed by atoms with E-state index < -0.39 is 0 Å². The van der Waals surface area contributed by atoms with E-state index in [1.54, 1.807) is 0 Å². The summed E-state index contributed by atoms with van der Waals surface area (Å²) >= 11 is 0. The minimum atomic E-state index is 0.833. The Morgan fingerprint density at radius 1 is 1.35 bits per heavy atom. The summed E-state index contributed by atoms with van der Waals surface area (Å²) in [6, 6.07) is 0.833. The molecule has 0 aromatic carbocycles. The van der Waals surface area contributed by atoms with Gasteiger partial charge in [0.2, 0.25) is 0 Å². The van der Waals surface area contributed by atoms with Crippen molar-refractivity contribution in [1.82, 2.24) is 9.80 Å². The number of rotatable bonds is 5. The van der Waals surface area contributed by atoms with Crippen molar-refractivity contribution in [2.24, 2.45) is 0 Å². The minimum Gasteiger partial charge on any atom is -0.308 e. The Kier molecular flexibility index (Phi) is 16.1. The van der Waals surface area contributed by atoms with Gasteiger partial charge in [-0.15, -0.1) is 0 Å². The molecule has 2 heteroatoms. The maximum Gasteiger partial charge on any atom is 0.0223 e. The molecule has 20 heavy (non-hydrogen) atoms. The fraction of sp³-hybridized carbons (Fsp3) is 0.778. The van der Waals surface area contributed by atoms with Crippen molar-refractivity contribution in [2.45, 2.75) is 59.9 Å². The Labute approximate surface area is 128 Å². The predicted molar refractivity (Wildman–Crippen MR) is 94.4 cm³/mol. The minimum absolute atomic E-state index is 0.833. The summed E-state index contributed by atoms with van der Waals surface area (Å²) < 4.78 is 0. The van der Waals surface area contributed by atoms with Crippen molar-refractivity contribution in [3.05, 3.63) is 24.3 Å². The van der Waals surface area contributed by atoms with Crippen LogP contribution < -0.4 is 0 Å². The van der Waals surface area contributed by atoms with Gasteiger partial charge in [-0.2, -0.15) is 0 Å². The van der Waals surface area contributed by atoms with Crippen molar-refractivity contribution in [1.29, 1.82) is 0 Å². The number of allylic oxidation sites excluding steroid dienone is 3. The van der Waals surface area contributed by atoms with E-state index in [9.17, 15) is 0 Å². The lowest BCUT2D eigenvalue weighted by Crippen LogP contribution is -2.37. The Morgan fingerprint density at radius 3 is 2.30 bits per heavy atom. The molecule has 0 aromatic heterocycles. The van der Waals surface area contributed by atoms with Gasteiger partial charge in [0.05, 0.1) is 0 Å². The van der Waals surface area contributed by atoms with Gasteiger partial charge < -0.3 is 4.90 Å². The normalized spacial score (nSPS) is 19.0. The van der Waals surface area contributed by atoms with Crippen LogP contribution in [0, 0.1) is 0 Å². The zero-order chi connectivity index (χ0) is 16.0. The smallest absolute Gasteiger partial charge is 0.0223 e. The van der Waals surface area contributed by atoms with Gasteiger partial charge in [0.25, 0.3) is 0 Å². The van der Waals surface area contributed by atoms with E-state index in [0.29, 0.717) is 0 Å². The average molecular weight is 283 g/mol. The summed E-state index contributed by atoms with van der Waals surface area (Å²) in [4.78, 5) is 4.94. The Morgan fingerprint density at radius 2 is 1.95 bits per heavy atom. The summed E-state index contributed by atoms with van der Waals surface area (Å²) in [5.41, 5.74) is 1.23. The maximum absolute atomic E-state index is 3.56. The molecule has 1 aliphatic heterocycles. The molecule has 1 rings (SSSR count). The second kappa shape index (κ2) is 14.8. The maximum atomic E-state index is 3.56. The number of nitrogens with zero attached hydrogens (tertiary/aromatic N) is 2. The van der Waals surface area contributed by atoms with Crippen LogP contribution in [0.25, 0.3) is 0 Å². The third kappa shape index (κ3) is 11.2. The van der Waals surface area contributed by atoms with E-state index in [4.69, 9.17) is 0 Å². The quantitative estimate of drug-likeness (QED) is 0.681. The van der Waals surface area contributed by atoms with Crippen LogP contribution in [-0.4, -0.2) is 49.6 Å². The lowest BCUT2D eigenvalue weighted by atomic mass is 10.2. The van der Waals surface area contributed by atoms with E-state index in [-0.39, 0.29) is 0 Å². The van der Waals surface area contributed by atoms with Gasteiger partial charge in [-0.3, -0.25) is 4.90 Å². The average Bonchev–Trinajstić information content (AvgIpc) is 2.88. The molecular formula is C18H38N2. The summed E-state index contributed by atoms with van der Waals surface area (Å²) in [5, 5.41) is 0. The van der Waals surface area contributed by atoms with Crippen molar-refractivity contribution >= 4 is 0 Å². The highest BCUT2D eigenvalue weighted by atomic mass is 15.2. The molecule has 0 N–H and O–H groups in total. The molecule has 0 amide bonds. The van der Waals surface area contributed by atoms with Gasteiger partial charge in [0.15, 0.2) is 0 Å². The van der Waals surface area contributed by atoms with E-state index in [1.165, 1.54) is 44.5 Å². The molecule has 1 aliphatic rings. The molecule has 0 spiro atoms. The van der Waals surface area contributed by atoms with E-state index >= 15 is 0 Å². The second-order valence-corrected chi connectivity index (χ2v) is 5.33. The van der Waals surface area contributed by atoms with Crippen LogP contribution in [0.1, 0.15) is 53.9 Å². The molecule has 0 radical (unpaired) electrons. The molecule has 1 atom stereocenters. The van der Waals surface area contributed by atoms with Crippen molar-refractivity contribution in [3.8, 4) is 0 Å². The Hall–Kier alpha value is -0.600. The fourth-order valence-corrected chi connectivity index (χ4v) is 2.22. The molecule has 1 saturated heterocycles. The number of hydrogen-bond acceptors (Lipinski definition) is 2. The molecule has 120 valence electrons. The highest BCUT2D eigenvalue weighted by molar-refractivity contribution is 5.10. The number of likely N-dealkylation sites (N-methyl/N-ethyl adjacent to an activating group) is 1.